The van der Waals surface area contributed by atoms with Gasteiger partial charge < -0.3 is 15.4 Å². The van der Waals surface area contributed by atoms with E-state index < -0.39 is 18.0 Å². The average molecular weight is 374 g/mol. The quantitative estimate of drug-likeness (QED) is 0.754. The zero-order chi connectivity index (χ0) is 19.3. The van der Waals surface area contributed by atoms with Crippen LogP contribution in [-0.2, 0) is 20.7 Å². The molecule has 0 saturated carbocycles. The molecule has 0 aliphatic rings. The molecule has 0 saturated heterocycles. The Morgan fingerprint density at radius 3 is 2.19 bits per heavy atom. The molecule has 0 spiro atoms. The molecule has 0 aliphatic heterocycles. The maximum Gasteiger partial charge on any atom is 0.349 e. The number of benzene rings is 1. The third kappa shape index (κ3) is 5.16. The monoisotopic (exact) mass is 374 g/mol. The number of nitrogens with one attached hydrogen (secondary N) is 2. The lowest BCUT2D eigenvalue weighted by Gasteiger charge is -2.13. The van der Waals surface area contributed by atoms with Crippen molar-refractivity contribution in [3.63, 3.8) is 0 Å². The van der Waals surface area contributed by atoms with Crippen LogP contribution in [0.5, 0.6) is 0 Å². The number of hydrogen-bond donors (Lipinski definition) is 2. The van der Waals surface area contributed by atoms with Gasteiger partial charge in [0.1, 0.15) is 4.88 Å². The van der Waals surface area contributed by atoms with Crippen molar-refractivity contribution < 1.29 is 19.1 Å². The number of thiophene rings is 1. The minimum Gasteiger partial charge on any atom is -0.448 e. The highest BCUT2D eigenvalue weighted by Gasteiger charge is 2.21. The van der Waals surface area contributed by atoms with Crippen LogP contribution in [0.15, 0.2) is 30.3 Å². The summed E-state index contributed by atoms with van der Waals surface area (Å²) in [5.74, 6) is -1.09. The highest BCUT2D eigenvalue weighted by Crippen LogP contribution is 2.23. The number of amides is 2. The number of carbonyl (C=O) groups excluding carboxylic acids is 3. The summed E-state index contributed by atoms with van der Waals surface area (Å²) < 4.78 is 5.26. The third-order valence-electron chi connectivity index (χ3n) is 3.73. The van der Waals surface area contributed by atoms with Crippen LogP contribution in [0.25, 0.3) is 0 Å². The van der Waals surface area contributed by atoms with E-state index in [1.165, 1.54) is 25.2 Å². The largest absolute Gasteiger partial charge is 0.448 e. The van der Waals surface area contributed by atoms with Gasteiger partial charge in [-0.15, -0.1) is 11.3 Å². The van der Waals surface area contributed by atoms with Crippen LogP contribution in [0, 0.1) is 6.92 Å². The van der Waals surface area contributed by atoms with Crippen LogP contribution in [-0.4, -0.2) is 23.9 Å². The molecule has 1 heterocycles. The molecule has 0 bridgehead atoms. The standard InChI is InChI=1S/C19H22N2O4S/c1-5-14-10-17(26-12(14)3)19(24)25-11(2)18(23)21-16-8-6-15(7-9-16)20-13(4)22/h6-11H,5H2,1-4H3,(H,20,22)(H,21,23)/t11-/m1/s1. The molecule has 26 heavy (non-hydrogen) atoms. The van der Waals surface area contributed by atoms with Crippen LogP contribution in [0.1, 0.15) is 40.9 Å². The normalized spacial score (nSPS) is 11.5. The number of anilines is 2. The predicted octanol–water partition coefficient (Wildman–Crippen LogP) is 3.76. The molecule has 1 atom stereocenters. The molecular formula is C19H22N2O4S. The van der Waals surface area contributed by atoms with Gasteiger partial charge >= 0.3 is 5.97 Å². The Balaban J connectivity index is 1.94. The van der Waals surface area contributed by atoms with Crippen LogP contribution >= 0.6 is 11.3 Å². The van der Waals surface area contributed by atoms with Gasteiger partial charge in [-0.25, -0.2) is 4.79 Å². The van der Waals surface area contributed by atoms with Gasteiger partial charge in [-0.05, 0) is 56.2 Å². The van der Waals surface area contributed by atoms with Gasteiger partial charge in [0, 0.05) is 23.2 Å². The molecule has 0 radical (unpaired) electrons. The fraction of sp³-hybridized carbons (Fsp3) is 0.316. The van der Waals surface area contributed by atoms with Crippen molar-refractivity contribution in [2.24, 2.45) is 0 Å². The van der Waals surface area contributed by atoms with Gasteiger partial charge in [-0.1, -0.05) is 6.92 Å². The summed E-state index contributed by atoms with van der Waals surface area (Å²) in [6.45, 7) is 6.93. The highest BCUT2D eigenvalue weighted by molar-refractivity contribution is 7.14. The molecule has 7 heteroatoms. The van der Waals surface area contributed by atoms with Crippen molar-refractivity contribution in [1.82, 2.24) is 0 Å². The Kier molecular flexibility index (Phi) is 6.52. The molecule has 0 fully saturated rings. The summed E-state index contributed by atoms with van der Waals surface area (Å²) >= 11 is 1.37. The zero-order valence-electron chi connectivity index (χ0n) is 15.2. The first kappa shape index (κ1) is 19.7. The molecule has 0 aliphatic carbocycles. The van der Waals surface area contributed by atoms with Crippen LogP contribution < -0.4 is 10.6 Å². The maximum atomic E-state index is 12.2. The lowest BCUT2D eigenvalue weighted by atomic mass is 10.2. The fourth-order valence-corrected chi connectivity index (χ4v) is 3.32. The Hall–Kier alpha value is -2.67. The van der Waals surface area contributed by atoms with Gasteiger partial charge in [0.15, 0.2) is 6.10 Å². The Labute approximate surface area is 156 Å². The van der Waals surface area contributed by atoms with Gasteiger partial charge in [0.05, 0.1) is 0 Å². The fourth-order valence-electron chi connectivity index (χ4n) is 2.33. The first-order valence-electron chi connectivity index (χ1n) is 8.29. The lowest BCUT2D eigenvalue weighted by molar-refractivity contribution is -0.123. The second-order valence-electron chi connectivity index (χ2n) is 5.84. The zero-order valence-corrected chi connectivity index (χ0v) is 16.0. The second-order valence-corrected chi connectivity index (χ2v) is 7.10. The number of hydrogen-bond acceptors (Lipinski definition) is 5. The molecule has 138 valence electrons. The highest BCUT2D eigenvalue weighted by atomic mass is 32.1. The van der Waals surface area contributed by atoms with Crippen LogP contribution in [0.2, 0.25) is 0 Å². The summed E-state index contributed by atoms with van der Waals surface area (Å²) in [6.07, 6.45) is -0.0786. The van der Waals surface area contributed by atoms with Crippen LogP contribution in [0.3, 0.4) is 0 Å². The molecule has 6 nitrogen and oxygen atoms in total. The predicted molar refractivity (Wildman–Crippen MR) is 103 cm³/mol. The van der Waals surface area contributed by atoms with E-state index >= 15 is 0 Å². The molecule has 2 aromatic rings. The molecule has 2 rings (SSSR count). The molecule has 0 unspecified atom stereocenters. The van der Waals surface area contributed by atoms with E-state index in [1.807, 2.05) is 19.9 Å². The molecule has 2 N–H and O–H groups in total. The summed E-state index contributed by atoms with van der Waals surface area (Å²) in [5.41, 5.74) is 2.29. The van der Waals surface area contributed by atoms with Crippen LogP contribution in [0.4, 0.5) is 11.4 Å². The van der Waals surface area contributed by atoms with Crippen molar-refractivity contribution >= 4 is 40.5 Å². The van der Waals surface area contributed by atoms with Crippen molar-refractivity contribution in [2.45, 2.75) is 40.2 Å². The average Bonchev–Trinajstić information content (AvgIpc) is 2.97. The smallest absolute Gasteiger partial charge is 0.349 e. The first-order valence-corrected chi connectivity index (χ1v) is 9.10. The minimum atomic E-state index is -0.926. The maximum absolute atomic E-state index is 12.2. The molecule has 1 aromatic carbocycles. The lowest BCUT2D eigenvalue weighted by Crippen LogP contribution is -2.29. The van der Waals surface area contributed by atoms with Gasteiger partial charge in [-0.2, -0.15) is 0 Å². The minimum absolute atomic E-state index is 0.169. The van der Waals surface area contributed by atoms with E-state index in [0.717, 1.165) is 16.9 Å². The van der Waals surface area contributed by atoms with E-state index in [-0.39, 0.29) is 5.91 Å². The molecule has 1 aromatic heterocycles. The summed E-state index contributed by atoms with van der Waals surface area (Å²) in [7, 11) is 0. The second kappa shape index (κ2) is 8.62. The van der Waals surface area contributed by atoms with Crippen molar-refractivity contribution in [3.05, 3.63) is 45.6 Å². The number of carbonyl (C=O) groups is 3. The number of ether oxygens (including phenoxy) is 1. The van der Waals surface area contributed by atoms with E-state index in [4.69, 9.17) is 4.74 Å². The van der Waals surface area contributed by atoms with Gasteiger partial charge in [-0.3, -0.25) is 9.59 Å². The Morgan fingerprint density at radius 2 is 1.69 bits per heavy atom. The van der Waals surface area contributed by atoms with Gasteiger partial charge in [0.2, 0.25) is 5.91 Å². The summed E-state index contributed by atoms with van der Waals surface area (Å²) in [4.78, 5) is 37.0. The topological polar surface area (TPSA) is 84.5 Å². The molecule has 2 amide bonds. The SMILES string of the molecule is CCc1cc(C(=O)O[C@H](C)C(=O)Nc2ccc(NC(C)=O)cc2)sc1C. The van der Waals surface area contributed by atoms with Crippen molar-refractivity contribution in [1.29, 1.82) is 0 Å². The van der Waals surface area contributed by atoms with E-state index in [2.05, 4.69) is 10.6 Å². The van der Waals surface area contributed by atoms with Crippen molar-refractivity contribution in [3.8, 4) is 0 Å². The van der Waals surface area contributed by atoms with E-state index in [9.17, 15) is 14.4 Å². The van der Waals surface area contributed by atoms with Crippen molar-refractivity contribution in [2.75, 3.05) is 10.6 Å². The number of aryl methyl sites for hydroxylation is 2. The number of rotatable bonds is 6. The Morgan fingerprint density at radius 1 is 1.12 bits per heavy atom. The molecular weight excluding hydrogens is 352 g/mol. The number of esters is 1. The van der Waals surface area contributed by atoms with E-state index in [0.29, 0.717) is 16.3 Å². The summed E-state index contributed by atoms with van der Waals surface area (Å²) in [5, 5.41) is 5.33. The van der Waals surface area contributed by atoms with Gasteiger partial charge in [0.25, 0.3) is 5.91 Å². The third-order valence-corrected chi connectivity index (χ3v) is 4.80. The Bertz CT molecular complexity index is 811. The van der Waals surface area contributed by atoms with E-state index in [1.54, 1.807) is 24.3 Å². The first-order chi connectivity index (χ1) is 12.3. The summed E-state index contributed by atoms with van der Waals surface area (Å²) in [6, 6.07) is 8.48.